The second-order valence-electron chi connectivity index (χ2n) is 6.18. The minimum absolute atomic E-state index is 0.176. The van der Waals surface area contributed by atoms with Crippen LogP contribution in [0.25, 0.3) is 0 Å². The SMILES string of the molecule is O=C(O)[C@@H]1CCCCC[C@@H]1NS(=O)(=O)c1ccc2c(c1)CCO2. The van der Waals surface area contributed by atoms with E-state index in [1.165, 1.54) is 6.07 Å². The number of carboxylic acid groups (broad SMARTS) is 1. The van der Waals surface area contributed by atoms with Crippen LogP contribution in [0.4, 0.5) is 0 Å². The normalized spacial score (nSPS) is 24.5. The van der Waals surface area contributed by atoms with E-state index < -0.39 is 28.0 Å². The van der Waals surface area contributed by atoms with E-state index in [1.54, 1.807) is 12.1 Å². The second kappa shape index (κ2) is 6.49. The highest BCUT2D eigenvalue weighted by atomic mass is 32.2. The molecule has 6 nitrogen and oxygen atoms in total. The number of carboxylic acids is 1. The van der Waals surface area contributed by atoms with Gasteiger partial charge < -0.3 is 9.84 Å². The summed E-state index contributed by atoms with van der Waals surface area (Å²) in [7, 11) is -3.73. The lowest BCUT2D eigenvalue weighted by Gasteiger charge is -2.22. The minimum atomic E-state index is -3.73. The van der Waals surface area contributed by atoms with Crippen molar-refractivity contribution in [2.45, 2.75) is 49.5 Å². The van der Waals surface area contributed by atoms with Crippen LogP contribution in [0.15, 0.2) is 23.1 Å². The number of fused-ring (bicyclic) bond motifs is 1. The van der Waals surface area contributed by atoms with E-state index in [4.69, 9.17) is 4.74 Å². The van der Waals surface area contributed by atoms with Crippen molar-refractivity contribution >= 4 is 16.0 Å². The van der Waals surface area contributed by atoms with E-state index >= 15 is 0 Å². The van der Waals surface area contributed by atoms with Gasteiger partial charge in [0.05, 0.1) is 17.4 Å². The first-order valence-electron chi connectivity index (χ1n) is 7.98. The molecule has 1 aromatic rings. The van der Waals surface area contributed by atoms with Gasteiger partial charge in [0.25, 0.3) is 0 Å². The summed E-state index contributed by atoms with van der Waals surface area (Å²) in [6.07, 6.45) is 4.38. The first-order chi connectivity index (χ1) is 11.0. The Labute approximate surface area is 135 Å². The van der Waals surface area contributed by atoms with Crippen LogP contribution in [-0.2, 0) is 21.2 Å². The smallest absolute Gasteiger partial charge is 0.308 e. The van der Waals surface area contributed by atoms with Crippen molar-refractivity contribution in [3.8, 4) is 5.75 Å². The molecule has 0 bridgehead atoms. The molecule has 1 aromatic carbocycles. The van der Waals surface area contributed by atoms with Crippen LogP contribution in [0.2, 0.25) is 0 Å². The van der Waals surface area contributed by atoms with Crippen LogP contribution in [0.5, 0.6) is 5.75 Å². The van der Waals surface area contributed by atoms with Gasteiger partial charge >= 0.3 is 5.97 Å². The van der Waals surface area contributed by atoms with Gasteiger partial charge in [-0.05, 0) is 36.6 Å². The maximum absolute atomic E-state index is 12.6. The molecular formula is C16H21NO5S. The molecule has 0 radical (unpaired) electrons. The number of aliphatic carboxylic acids is 1. The Bertz CT molecular complexity index is 700. The average molecular weight is 339 g/mol. The maximum Gasteiger partial charge on any atom is 0.308 e. The van der Waals surface area contributed by atoms with Crippen LogP contribution >= 0.6 is 0 Å². The standard InChI is InChI=1S/C16H21NO5S/c18-16(19)13-4-2-1-3-5-14(13)17-23(20,21)12-6-7-15-11(10-12)8-9-22-15/h6-7,10,13-14,17H,1-5,8-9H2,(H,18,19)/t13-,14+/m1/s1. The lowest BCUT2D eigenvalue weighted by atomic mass is 9.96. The highest BCUT2D eigenvalue weighted by Crippen LogP contribution is 2.29. The predicted octanol–water partition coefficient (Wildman–Crippen LogP) is 1.93. The quantitative estimate of drug-likeness (QED) is 0.818. The lowest BCUT2D eigenvalue weighted by Crippen LogP contribution is -2.42. The van der Waals surface area contributed by atoms with Gasteiger partial charge in [-0.25, -0.2) is 13.1 Å². The number of nitrogens with one attached hydrogen (secondary N) is 1. The molecule has 1 aliphatic carbocycles. The molecule has 2 aliphatic rings. The van der Waals surface area contributed by atoms with E-state index in [0.717, 1.165) is 30.6 Å². The first kappa shape index (κ1) is 16.3. The molecule has 0 saturated heterocycles. The van der Waals surface area contributed by atoms with Crippen molar-refractivity contribution < 1.29 is 23.1 Å². The predicted molar refractivity (Wildman–Crippen MR) is 84.0 cm³/mol. The van der Waals surface area contributed by atoms with Gasteiger partial charge in [0.1, 0.15) is 5.75 Å². The molecule has 7 heteroatoms. The average Bonchev–Trinajstić information content (AvgIpc) is 2.85. The van der Waals surface area contributed by atoms with E-state index in [1.807, 2.05) is 0 Å². The number of carbonyl (C=O) groups is 1. The highest BCUT2D eigenvalue weighted by Gasteiger charge is 2.33. The number of sulfonamides is 1. The molecule has 1 aliphatic heterocycles. The number of benzene rings is 1. The minimum Gasteiger partial charge on any atom is -0.493 e. The number of hydrogen-bond donors (Lipinski definition) is 2. The monoisotopic (exact) mass is 339 g/mol. The van der Waals surface area contributed by atoms with E-state index in [0.29, 0.717) is 25.9 Å². The zero-order chi connectivity index (χ0) is 16.4. The fourth-order valence-corrected chi connectivity index (χ4v) is 4.70. The number of ether oxygens (including phenoxy) is 1. The van der Waals surface area contributed by atoms with Gasteiger partial charge in [-0.1, -0.05) is 19.3 Å². The molecule has 2 atom stereocenters. The zero-order valence-electron chi connectivity index (χ0n) is 12.8. The molecular weight excluding hydrogens is 318 g/mol. The molecule has 0 aromatic heterocycles. The third kappa shape index (κ3) is 3.50. The van der Waals surface area contributed by atoms with Gasteiger partial charge in [-0.2, -0.15) is 0 Å². The summed E-state index contributed by atoms with van der Waals surface area (Å²) < 4.78 is 33.3. The molecule has 23 heavy (non-hydrogen) atoms. The molecule has 0 amide bonds. The van der Waals surface area contributed by atoms with Gasteiger partial charge in [0.2, 0.25) is 10.0 Å². The fourth-order valence-electron chi connectivity index (χ4n) is 3.34. The van der Waals surface area contributed by atoms with Crippen molar-refractivity contribution in [2.24, 2.45) is 5.92 Å². The molecule has 3 rings (SSSR count). The Hall–Kier alpha value is -1.60. The topological polar surface area (TPSA) is 92.7 Å². The first-order valence-corrected chi connectivity index (χ1v) is 9.46. The van der Waals surface area contributed by atoms with Crippen LogP contribution in [0, 0.1) is 5.92 Å². The van der Waals surface area contributed by atoms with Crippen molar-refractivity contribution in [3.63, 3.8) is 0 Å². The van der Waals surface area contributed by atoms with Gasteiger partial charge in [0.15, 0.2) is 0 Å². The second-order valence-corrected chi connectivity index (χ2v) is 7.89. The van der Waals surface area contributed by atoms with Crippen molar-refractivity contribution in [3.05, 3.63) is 23.8 Å². The van der Waals surface area contributed by atoms with Crippen LogP contribution < -0.4 is 9.46 Å². The summed E-state index contributed by atoms with van der Waals surface area (Å²) in [5.74, 6) is -0.867. The van der Waals surface area contributed by atoms with E-state index in [-0.39, 0.29) is 4.90 Å². The Morgan fingerprint density at radius 2 is 2.00 bits per heavy atom. The highest BCUT2D eigenvalue weighted by molar-refractivity contribution is 7.89. The van der Waals surface area contributed by atoms with Crippen LogP contribution in [0.3, 0.4) is 0 Å². The van der Waals surface area contributed by atoms with Crippen LogP contribution in [0.1, 0.15) is 37.7 Å². The van der Waals surface area contributed by atoms with Gasteiger partial charge in [-0.3, -0.25) is 4.79 Å². The van der Waals surface area contributed by atoms with Crippen molar-refractivity contribution in [1.29, 1.82) is 0 Å². The molecule has 0 unspecified atom stereocenters. The zero-order valence-corrected chi connectivity index (χ0v) is 13.6. The van der Waals surface area contributed by atoms with Crippen molar-refractivity contribution in [2.75, 3.05) is 6.61 Å². The van der Waals surface area contributed by atoms with Crippen LogP contribution in [-0.4, -0.2) is 32.1 Å². The van der Waals surface area contributed by atoms with Gasteiger partial charge in [0, 0.05) is 12.5 Å². The molecule has 1 saturated carbocycles. The third-order valence-corrected chi connectivity index (χ3v) is 6.10. The molecule has 0 spiro atoms. The van der Waals surface area contributed by atoms with Gasteiger partial charge in [-0.15, -0.1) is 0 Å². The maximum atomic E-state index is 12.6. The van der Waals surface area contributed by atoms with E-state index in [2.05, 4.69) is 4.72 Å². The largest absolute Gasteiger partial charge is 0.493 e. The molecule has 126 valence electrons. The summed E-state index contributed by atoms with van der Waals surface area (Å²) in [5, 5.41) is 9.38. The molecule has 1 fully saturated rings. The molecule has 2 N–H and O–H groups in total. The third-order valence-electron chi connectivity index (χ3n) is 4.61. The lowest BCUT2D eigenvalue weighted by molar-refractivity contribution is -0.142. The van der Waals surface area contributed by atoms with E-state index in [9.17, 15) is 18.3 Å². The fraction of sp³-hybridized carbons (Fsp3) is 0.562. The molecule has 1 heterocycles. The Morgan fingerprint density at radius 1 is 1.22 bits per heavy atom. The summed E-state index contributed by atoms with van der Waals surface area (Å²) >= 11 is 0. The number of rotatable bonds is 4. The van der Waals surface area contributed by atoms with Crippen molar-refractivity contribution in [1.82, 2.24) is 4.72 Å². The summed E-state index contributed by atoms with van der Waals surface area (Å²) in [6.45, 7) is 0.565. The summed E-state index contributed by atoms with van der Waals surface area (Å²) in [5.41, 5.74) is 0.878. The summed E-state index contributed by atoms with van der Waals surface area (Å²) in [4.78, 5) is 11.6. The Balaban J connectivity index is 1.83. The summed E-state index contributed by atoms with van der Waals surface area (Å²) in [6, 6.07) is 4.25. The Morgan fingerprint density at radius 3 is 2.78 bits per heavy atom. The number of hydrogen-bond acceptors (Lipinski definition) is 4. The Kier molecular flexibility index (Phi) is 4.59.